The third-order valence-electron chi connectivity index (χ3n) is 5.18. The summed E-state index contributed by atoms with van der Waals surface area (Å²) in [6, 6.07) is 18.4. The molecule has 6 heteroatoms. The van der Waals surface area contributed by atoms with Gasteiger partial charge in [-0.3, -0.25) is 9.48 Å². The maximum atomic E-state index is 13.2. The van der Waals surface area contributed by atoms with Gasteiger partial charge in [0.05, 0.1) is 34.6 Å². The van der Waals surface area contributed by atoms with Crippen molar-refractivity contribution in [3.63, 3.8) is 0 Å². The van der Waals surface area contributed by atoms with E-state index in [4.69, 9.17) is 4.98 Å². The monoisotopic (exact) mass is 388 g/mol. The molecular weight excluding hydrogens is 368 g/mol. The Kier molecular flexibility index (Phi) is 4.41. The number of hydrogen-bond acceptors (Lipinski definition) is 4. The van der Waals surface area contributed by atoms with Crippen LogP contribution in [0, 0.1) is 0 Å². The van der Waals surface area contributed by atoms with Gasteiger partial charge in [-0.05, 0) is 30.5 Å². The molecule has 5 nitrogen and oxygen atoms in total. The number of benzene rings is 2. The minimum absolute atomic E-state index is 0.0427. The van der Waals surface area contributed by atoms with Gasteiger partial charge in [0, 0.05) is 12.7 Å². The average Bonchev–Trinajstić information content (AvgIpc) is 3.46. The molecule has 0 radical (unpaired) electrons. The molecular formula is C22H20N4OS. The molecule has 2 aromatic carbocycles. The molecule has 0 aliphatic carbocycles. The van der Waals surface area contributed by atoms with Crippen molar-refractivity contribution in [2.75, 3.05) is 6.54 Å². The summed E-state index contributed by atoms with van der Waals surface area (Å²) >= 11 is 1.69. The summed E-state index contributed by atoms with van der Waals surface area (Å²) in [4.78, 5) is 19.9. The number of amides is 1. The zero-order valence-electron chi connectivity index (χ0n) is 15.4. The Bertz CT molecular complexity index is 1080. The molecule has 28 heavy (non-hydrogen) atoms. The molecule has 1 aliphatic heterocycles. The number of carbonyl (C=O) groups excluding carboxylic acids is 1. The van der Waals surface area contributed by atoms with Crippen LogP contribution in [0.5, 0.6) is 0 Å². The highest BCUT2D eigenvalue weighted by atomic mass is 32.1. The Morgan fingerprint density at radius 3 is 2.79 bits per heavy atom. The molecule has 1 saturated heterocycles. The second-order valence-corrected chi connectivity index (χ2v) is 8.15. The van der Waals surface area contributed by atoms with Crippen molar-refractivity contribution in [3.05, 3.63) is 83.1 Å². The van der Waals surface area contributed by atoms with Crippen molar-refractivity contribution in [2.45, 2.75) is 25.4 Å². The van der Waals surface area contributed by atoms with Crippen LogP contribution in [-0.4, -0.2) is 32.1 Å². The van der Waals surface area contributed by atoms with Gasteiger partial charge in [0.2, 0.25) is 0 Å². The molecule has 1 fully saturated rings. The number of carbonyl (C=O) groups is 1. The zero-order chi connectivity index (χ0) is 18.9. The van der Waals surface area contributed by atoms with Crippen LogP contribution in [-0.2, 0) is 6.54 Å². The van der Waals surface area contributed by atoms with Gasteiger partial charge in [-0.1, -0.05) is 42.5 Å². The Hall–Kier alpha value is -2.99. The Morgan fingerprint density at radius 2 is 1.93 bits per heavy atom. The van der Waals surface area contributed by atoms with Crippen LogP contribution in [0.25, 0.3) is 10.2 Å². The molecule has 140 valence electrons. The van der Waals surface area contributed by atoms with E-state index in [-0.39, 0.29) is 11.9 Å². The molecule has 0 bridgehead atoms. The van der Waals surface area contributed by atoms with Crippen LogP contribution < -0.4 is 0 Å². The normalized spacial score (nSPS) is 16.7. The maximum absolute atomic E-state index is 13.2. The second kappa shape index (κ2) is 7.20. The minimum Gasteiger partial charge on any atom is -0.329 e. The van der Waals surface area contributed by atoms with Crippen LogP contribution >= 0.6 is 11.3 Å². The molecule has 1 amide bonds. The Labute approximate surface area is 167 Å². The highest BCUT2D eigenvalue weighted by molar-refractivity contribution is 7.18. The molecule has 1 atom stereocenters. The number of fused-ring (bicyclic) bond motifs is 1. The Morgan fingerprint density at radius 1 is 1.11 bits per heavy atom. The number of aromatic nitrogens is 3. The first-order valence-electron chi connectivity index (χ1n) is 9.51. The summed E-state index contributed by atoms with van der Waals surface area (Å²) < 4.78 is 3.00. The van der Waals surface area contributed by atoms with Crippen molar-refractivity contribution in [2.24, 2.45) is 0 Å². The average molecular weight is 388 g/mol. The summed E-state index contributed by atoms with van der Waals surface area (Å²) in [6.45, 7) is 1.43. The highest BCUT2D eigenvalue weighted by Crippen LogP contribution is 2.37. The maximum Gasteiger partial charge on any atom is 0.257 e. The van der Waals surface area contributed by atoms with Crippen LogP contribution in [0.4, 0.5) is 0 Å². The van der Waals surface area contributed by atoms with E-state index in [1.54, 1.807) is 17.5 Å². The predicted octanol–water partition coefficient (Wildman–Crippen LogP) is 4.52. The fraction of sp³-hybridized carbons (Fsp3) is 0.227. The quantitative estimate of drug-likeness (QED) is 0.516. The Balaban J connectivity index is 1.37. The van der Waals surface area contributed by atoms with E-state index in [1.807, 2.05) is 52.2 Å². The number of para-hydroxylation sites is 1. The number of thiazole rings is 1. The van der Waals surface area contributed by atoms with Gasteiger partial charge in [0.25, 0.3) is 5.91 Å². The largest absolute Gasteiger partial charge is 0.329 e. The minimum atomic E-state index is 0.0427. The van der Waals surface area contributed by atoms with E-state index in [0.717, 1.165) is 35.5 Å². The smallest absolute Gasteiger partial charge is 0.257 e. The SMILES string of the molecule is O=C(c1cnn(Cc2ccccc2)c1)N1CCCC1c1nc2ccccc2s1. The third kappa shape index (κ3) is 3.20. The fourth-order valence-corrected chi connectivity index (χ4v) is 4.91. The zero-order valence-corrected chi connectivity index (χ0v) is 16.2. The van der Waals surface area contributed by atoms with Gasteiger partial charge in [-0.15, -0.1) is 11.3 Å². The lowest BCUT2D eigenvalue weighted by Gasteiger charge is -2.22. The highest BCUT2D eigenvalue weighted by Gasteiger charge is 2.33. The first-order chi connectivity index (χ1) is 13.8. The molecule has 0 spiro atoms. The molecule has 4 aromatic rings. The first kappa shape index (κ1) is 17.1. The van der Waals surface area contributed by atoms with E-state index in [2.05, 4.69) is 23.3 Å². The van der Waals surface area contributed by atoms with Crippen LogP contribution in [0.3, 0.4) is 0 Å². The molecule has 1 unspecified atom stereocenters. The molecule has 0 saturated carbocycles. The molecule has 3 heterocycles. The summed E-state index contributed by atoms with van der Waals surface area (Å²) in [5.41, 5.74) is 2.82. The van der Waals surface area contributed by atoms with Crippen LogP contribution in [0.15, 0.2) is 67.0 Å². The lowest BCUT2D eigenvalue weighted by Crippen LogP contribution is -2.30. The number of hydrogen-bond donors (Lipinski definition) is 0. The standard InChI is InChI=1S/C22H20N4OS/c27-22(17-13-23-25(15-17)14-16-7-2-1-3-8-16)26-12-6-10-19(26)21-24-18-9-4-5-11-20(18)28-21/h1-5,7-9,11,13,15,19H,6,10,12,14H2. The van der Waals surface area contributed by atoms with Crippen molar-refractivity contribution in [1.82, 2.24) is 19.7 Å². The van der Waals surface area contributed by atoms with Crippen molar-refractivity contribution in [3.8, 4) is 0 Å². The molecule has 2 aromatic heterocycles. The van der Waals surface area contributed by atoms with E-state index < -0.39 is 0 Å². The molecule has 0 N–H and O–H groups in total. The van der Waals surface area contributed by atoms with Gasteiger partial charge in [-0.25, -0.2) is 4.98 Å². The van der Waals surface area contributed by atoms with Crippen molar-refractivity contribution < 1.29 is 4.79 Å². The summed E-state index contributed by atoms with van der Waals surface area (Å²) in [6.07, 6.45) is 5.50. The summed E-state index contributed by atoms with van der Waals surface area (Å²) in [5, 5.41) is 5.42. The van der Waals surface area contributed by atoms with Crippen molar-refractivity contribution >= 4 is 27.5 Å². The molecule has 1 aliphatic rings. The van der Waals surface area contributed by atoms with E-state index in [9.17, 15) is 4.79 Å². The number of likely N-dealkylation sites (tertiary alicyclic amines) is 1. The van der Waals surface area contributed by atoms with E-state index >= 15 is 0 Å². The van der Waals surface area contributed by atoms with Crippen molar-refractivity contribution in [1.29, 1.82) is 0 Å². The topological polar surface area (TPSA) is 51.0 Å². The van der Waals surface area contributed by atoms with E-state index in [0.29, 0.717) is 12.1 Å². The van der Waals surface area contributed by atoms with Gasteiger partial charge >= 0.3 is 0 Å². The van der Waals surface area contributed by atoms with Gasteiger partial charge in [0.15, 0.2) is 0 Å². The van der Waals surface area contributed by atoms with E-state index in [1.165, 1.54) is 4.70 Å². The molecule has 5 rings (SSSR count). The number of nitrogens with zero attached hydrogens (tertiary/aromatic N) is 4. The first-order valence-corrected chi connectivity index (χ1v) is 10.3. The fourth-order valence-electron chi connectivity index (χ4n) is 3.80. The lowest BCUT2D eigenvalue weighted by atomic mass is 10.2. The second-order valence-electron chi connectivity index (χ2n) is 7.09. The van der Waals surface area contributed by atoms with Crippen LogP contribution in [0.1, 0.15) is 39.8 Å². The van der Waals surface area contributed by atoms with Crippen LogP contribution in [0.2, 0.25) is 0 Å². The predicted molar refractivity (Wildman–Crippen MR) is 110 cm³/mol. The summed E-state index contributed by atoms with van der Waals surface area (Å²) in [7, 11) is 0. The van der Waals surface area contributed by atoms with Gasteiger partial charge in [-0.2, -0.15) is 5.10 Å². The third-order valence-corrected chi connectivity index (χ3v) is 6.31. The lowest BCUT2D eigenvalue weighted by molar-refractivity contribution is 0.0735. The van der Waals surface area contributed by atoms with Gasteiger partial charge < -0.3 is 4.90 Å². The summed E-state index contributed by atoms with van der Waals surface area (Å²) in [5.74, 6) is 0.0427. The number of rotatable bonds is 4. The van der Waals surface area contributed by atoms with Gasteiger partial charge in [0.1, 0.15) is 5.01 Å².